The van der Waals surface area contributed by atoms with Crippen LogP contribution >= 0.6 is 11.3 Å². The second-order valence-electron chi connectivity index (χ2n) is 5.37. The van der Waals surface area contributed by atoms with Gasteiger partial charge in [-0.15, -0.1) is 11.3 Å². The summed E-state index contributed by atoms with van der Waals surface area (Å²) < 4.78 is 13.2. The number of thiazole rings is 1. The molecule has 0 saturated heterocycles. The summed E-state index contributed by atoms with van der Waals surface area (Å²) in [5.74, 6) is -0.311. The van der Waals surface area contributed by atoms with Crippen LogP contribution in [0.5, 0.6) is 0 Å². The van der Waals surface area contributed by atoms with E-state index in [9.17, 15) is 9.18 Å². The van der Waals surface area contributed by atoms with Crippen molar-refractivity contribution < 1.29 is 9.18 Å². The monoisotopic (exact) mass is 340 g/mol. The van der Waals surface area contributed by atoms with E-state index in [1.54, 1.807) is 34.6 Å². The van der Waals surface area contributed by atoms with Gasteiger partial charge in [-0.05, 0) is 29.8 Å². The van der Waals surface area contributed by atoms with Gasteiger partial charge in [-0.3, -0.25) is 4.79 Å². The molecule has 122 valence electrons. The van der Waals surface area contributed by atoms with Gasteiger partial charge >= 0.3 is 0 Å². The van der Waals surface area contributed by atoms with Crippen LogP contribution in [0, 0.1) is 5.82 Å². The van der Waals surface area contributed by atoms with Crippen molar-refractivity contribution in [2.75, 3.05) is 4.90 Å². The maximum atomic E-state index is 13.2. The van der Waals surface area contributed by atoms with E-state index in [-0.39, 0.29) is 11.7 Å². The minimum absolute atomic E-state index is 0.000612. The average molecular weight is 340 g/mol. The maximum Gasteiger partial charge on any atom is 0.227 e. The molecule has 0 spiro atoms. The lowest BCUT2D eigenvalue weighted by Crippen LogP contribution is -2.30. The van der Waals surface area contributed by atoms with Crippen molar-refractivity contribution in [3.8, 4) is 0 Å². The van der Waals surface area contributed by atoms with Crippen LogP contribution in [-0.4, -0.2) is 10.9 Å². The molecule has 0 radical (unpaired) electrons. The number of rotatable bonds is 6. The number of nitrogens with zero attached hydrogens (tertiary/aromatic N) is 2. The number of benzene rings is 2. The van der Waals surface area contributed by atoms with E-state index in [0.29, 0.717) is 25.1 Å². The third-order valence-corrected chi connectivity index (χ3v) is 4.50. The minimum Gasteiger partial charge on any atom is -0.308 e. The summed E-state index contributed by atoms with van der Waals surface area (Å²) in [6.07, 6.45) is 2.73. The van der Waals surface area contributed by atoms with E-state index in [2.05, 4.69) is 4.98 Å². The van der Waals surface area contributed by atoms with Gasteiger partial charge in [0.2, 0.25) is 5.91 Å². The Hall–Kier alpha value is -2.53. The fraction of sp³-hybridized carbons (Fsp3) is 0.158. The Labute approximate surface area is 144 Å². The summed E-state index contributed by atoms with van der Waals surface area (Å²) in [5.41, 5.74) is 1.73. The summed E-state index contributed by atoms with van der Waals surface area (Å²) in [4.78, 5) is 18.6. The van der Waals surface area contributed by atoms with Gasteiger partial charge in [0.25, 0.3) is 0 Å². The Balaban J connectivity index is 1.78. The van der Waals surface area contributed by atoms with Crippen LogP contribution in [0.3, 0.4) is 0 Å². The molecule has 1 aromatic heterocycles. The van der Waals surface area contributed by atoms with Crippen molar-refractivity contribution in [2.24, 2.45) is 0 Å². The fourth-order valence-electron chi connectivity index (χ4n) is 2.44. The number of carbonyl (C=O) groups excluding carboxylic acids is 1. The van der Waals surface area contributed by atoms with E-state index < -0.39 is 0 Å². The molecule has 0 saturated carbocycles. The van der Waals surface area contributed by atoms with Gasteiger partial charge in [0.15, 0.2) is 0 Å². The molecule has 0 aliphatic heterocycles. The highest BCUT2D eigenvalue weighted by Gasteiger charge is 2.16. The Morgan fingerprint density at radius 2 is 1.83 bits per heavy atom. The standard InChI is InChI=1S/C19H17FN2OS/c20-16-6-8-17(9-7-16)22(14-15-4-2-1-3-5-15)19(23)11-10-18-21-12-13-24-18/h1-9,12-13H,10-11,14H2. The number of hydrogen-bond acceptors (Lipinski definition) is 3. The van der Waals surface area contributed by atoms with Crippen LogP contribution < -0.4 is 4.90 Å². The van der Waals surface area contributed by atoms with Gasteiger partial charge in [0.1, 0.15) is 5.82 Å². The minimum atomic E-state index is -0.311. The lowest BCUT2D eigenvalue weighted by Gasteiger charge is -2.23. The average Bonchev–Trinajstić information content (AvgIpc) is 3.13. The quantitative estimate of drug-likeness (QED) is 0.664. The Morgan fingerprint density at radius 1 is 1.08 bits per heavy atom. The fourth-order valence-corrected chi connectivity index (χ4v) is 3.06. The van der Waals surface area contributed by atoms with Gasteiger partial charge in [0.05, 0.1) is 11.6 Å². The zero-order chi connectivity index (χ0) is 16.8. The van der Waals surface area contributed by atoms with E-state index in [0.717, 1.165) is 10.6 Å². The van der Waals surface area contributed by atoms with Crippen LogP contribution in [0.1, 0.15) is 17.0 Å². The zero-order valence-corrected chi connectivity index (χ0v) is 13.9. The first-order chi connectivity index (χ1) is 11.7. The largest absolute Gasteiger partial charge is 0.308 e. The molecule has 0 bridgehead atoms. The highest BCUT2D eigenvalue weighted by Crippen LogP contribution is 2.20. The first-order valence-electron chi connectivity index (χ1n) is 7.70. The maximum absolute atomic E-state index is 13.2. The number of aromatic nitrogens is 1. The number of anilines is 1. The van der Waals surface area contributed by atoms with E-state index in [1.165, 1.54) is 12.1 Å². The second kappa shape index (κ2) is 7.84. The van der Waals surface area contributed by atoms with E-state index in [1.807, 2.05) is 35.7 Å². The third-order valence-electron chi connectivity index (χ3n) is 3.66. The third kappa shape index (κ3) is 4.26. The van der Waals surface area contributed by atoms with Crippen LogP contribution in [0.4, 0.5) is 10.1 Å². The smallest absolute Gasteiger partial charge is 0.227 e. The molecule has 0 fully saturated rings. The lowest BCUT2D eigenvalue weighted by molar-refractivity contribution is -0.118. The Kier molecular flexibility index (Phi) is 5.33. The predicted octanol–water partition coefficient (Wildman–Crippen LogP) is 4.45. The molecular formula is C19H17FN2OS. The molecule has 1 amide bonds. The van der Waals surface area contributed by atoms with Crippen molar-refractivity contribution in [3.05, 3.63) is 82.6 Å². The Morgan fingerprint density at radius 3 is 2.50 bits per heavy atom. The van der Waals surface area contributed by atoms with Gasteiger partial charge in [0, 0.05) is 30.1 Å². The SMILES string of the molecule is O=C(CCc1nccs1)N(Cc1ccccc1)c1ccc(F)cc1. The van der Waals surface area contributed by atoms with Gasteiger partial charge in [-0.25, -0.2) is 9.37 Å². The lowest BCUT2D eigenvalue weighted by atomic mass is 10.1. The van der Waals surface area contributed by atoms with Gasteiger partial charge < -0.3 is 4.90 Å². The van der Waals surface area contributed by atoms with Crippen LogP contribution in [0.15, 0.2) is 66.2 Å². The summed E-state index contributed by atoms with van der Waals surface area (Å²) in [5, 5.41) is 2.85. The molecule has 3 nitrogen and oxygen atoms in total. The highest BCUT2D eigenvalue weighted by atomic mass is 32.1. The molecule has 0 aliphatic carbocycles. The molecule has 0 aliphatic rings. The molecule has 1 heterocycles. The summed E-state index contributed by atoms with van der Waals surface area (Å²) in [6, 6.07) is 15.8. The molecule has 0 atom stereocenters. The molecule has 5 heteroatoms. The van der Waals surface area contributed by atoms with Crippen molar-refractivity contribution in [2.45, 2.75) is 19.4 Å². The molecule has 3 rings (SSSR count). The van der Waals surface area contributed by atoms with E-state index in [4.69, 9.17) is 0 Å². The number of aryl methyl sites for hydroxylation is 1. The number of carbonyl (C=O) groups is 1. The van der Waals surface area contributed by atoms with Crippen molar-refractivity contribution in [1.82, 2.24) is 4.98 Å². The number of hydrogen-bond donors (Lipinski definition) is 0. The molecule has 0 N–H and O–H groups in total. The van der Waals surface area contributed by atoms with Crippen LogP contribution in [0.2, 0.25) is 0 Å². The predicted molar refractivity (Wildman–Crippen MR) is 94.5 cm³/mol. The molecular weight excluding hydrogens is 323 g/mol. The highest BCUT2D eigenvalue weighted by molar-refractivity contribution is 7.09. The number of amides is 1. The van der Waals surface area contributed by atoms with Crippen molar-refractivity contribution in [3.63, 3.8) is 0 Å². The molecule has 24 heavy (non-hydrogen) atoms. The molecule has 3 aromatic rings. The van der Waals surface area contributed by atoms with Crippen molar-refractivity contribution in [1.29, 1.82) is 0 Å². The second-order valence-corrected chi connectivity index (χ2v) is 6.35. The summed E-state index contributed by atoms with van der Waals surface area (Å²) >= 11 is 1.55. The summed E-state index contributed by atoms with van der Waals surface area (Å²) in [7, 11) is 0. The van der Waals surface area contributed by atoms with Gasteiger partial charge in [-0.1, -0.05) is 30.3 Å². The zero-order valence-electron chi connectivity index (χ0n) is 13.1. The van der Waals surface area contributed by atoms with Crippen LogP contribution in [-0.2, 0) is 17.8 Å². The van der Waals surface area contributed by atoms with E-state index >= 15 is 0 Å². The topological polar surface area (TPSA) is 33.2 Å². The van der Waals surface area contributed by atoms with Crippen molar-refractivity contribution >= 4 is 22.9 Å². The first kappa shape index (κ1) is 16.3. The molecule has 0 unspecified atom stereocenters. The van der Waals surface area contributed by atoms with Gasteiger partial charge in [-0.2, -0.15) is 0 Å². The molecule has 2 aromatic carbocycles. The first-order valence-corrected chi connectivity index (χ1v) is 8.58. The van der Waals surface area contributed by atoms with Crippen LogP contribution in [0.25, 0.3) is 0 Å². The summed E-state index contributed by atoms with van der Waals surface area (Å²) in [6.45, 7) is 0.461. The normalized spacial score (nSPS) is 10.5. The number of halogens is 1. The Bertz CT molecular complexity index is 773.